The van der Waals surface area contributed by atoms with Gasteiger partial charge < -0.3 is 10.1 Å². The van der Waals surface area contributed by atoms with Crippen molar-refractivity contribution in [2.45, 2.75) is 40.7 Å². The number of anilines is 1. The van der Waals surface area contributed by atoms with Crippen LogP contribution in [0, 0.1) is 20.9 Å². The third kappa shape index (κ3) is 2.21. The number of rotatable bonds is 5. The van der Waals surface area contributed by atoms with E-state index in [-0.39, 0.29) is 16.5 Å². The first-order chi connectivity index (χ1) is 9.21. The molecule has 1 aliphatic rings. The van der Waals surface area contributed by atoms with Gasteiger partial charge in [-0.2, -0.15) is 0 Å². The van der Waals surface area contributed by atoms with Crippen molar-refractivity contribution in [1.82, 2.24) is 0 Å². The summed E-state index contributed by atoms with van der Waals surface area (Å²) >= 11 is 0. The van der Waals surface area contributed by atoms with Crippen LogP contribution in [0.3, 0.4) is 0 Å². The summed E-state index contributed by atoms with van der Waals surface area (Å²) < 4.78 is 5.36. The predicted octanol–water partition coefficient (Wildman–Crippen LogP) is 3.84. The first-order valence-electron chi connectivity index (χ1n) is 6.89. The molecule has 0 unspecified atom stereocenters. The number of benzene rings is 1. The van der Waals surface area contributed by atoms with Gasteiger partial charge in [-0.05, 0) is 23.8 Å². The Morgan fingerprint density at radius 1 is 1.30 bits per heavy atom. The SMILES string of the molecule is CCOc1cc(NC2C(C)(C)C2(C)C)ccc1[N+](=O)[O-]. The second-order valence-electron chi connectivity index (χ2n) is 6.39. The highest BCUT2D eigenvalue weighted by atomic mass is 16.6. The molecule has 2 rings (SSSR count). The third-order valence-electron chi connectivity index (χ3n) is 4.79. The molecule has 1 N–H and O–H groups in total. The molecular formula is C15H22N2O3. The van der Waals surface area contributed by atoms with Gasteiger partial charge in [-0.1, -0.05) is 27.7 Å². The molecule has 0 amide bonds. The van der Waals surface area contributed by atoms with Gasteiger partial charge in [-0.3, -0.25) is 10.1 Å². The van der Waals surface area contributed by atoms with E-state index >= 15 is 0 Å². The Hall–Kier alpha value is -1.78. The molecule has 1 fully saturated rings. The minimum atomic E-state index is -0.417. The van der Waals surface area contributed by atoms with Crippen molar-refractivity contribution in [3.63, 3.8) is 0 Å². The Labute approximate surface area is 119 Å². The minimum Gasteiger partial charge on any atom is -0.487 e. The molecule has 0 spiro atoms. The van der Waals surface area contributed by atoms with Gasteiger partial charge in [0.1, 0.15) is 0 Å². The molecule has 0 aliphatic heterocycles. The summed E-state index contributed by atoms with van der Waals surface area (Å²) in [6, 6.07) is 5.30. The van der Waals surface area contributed by atoms with E-state index in [4.69, 9.17) is 4.74 Å². The van der Waals surface area contributed by atoms with E-state index < -0.39 is 4.92 Å². The van der Waals surface area contributed by atoms with Crippen LogP contribution in [0.15, 0.2) is 18.2 Å². The minimum absolute atomic E-state index is 0.00622. The Morgan fingerprint density at radius 2 is 1.90 bits per heavy atom. The molecule has 0 heterocycles. The molecule has 0 saturated heterocycles. The van der Waals surface area contributed by atoms with Crippen LogP contribution in [0.1, 0.15) is 34.6 Å². The quantitative estimate of drug-likeness (QED) is 0.656. The van der Waals surface area contributed by atoms with Gasteiger partial charge in [0.25, 0.3) is 0 Å². The van der Waals surface area contributed by atoms with Gasteiger partial charge in [0.2, 0.25) is 0 Å². The van der Waals surface area contributed by atoms with Gasteiger partial charge in [0, 0.05) is 23.9 Å². The van der Waals surface area contributed by atoms with E-state index in [0.717, 1.165) is 5.69 Å². The Balaban J connectivity index is 2.23. The second kappa shape index (κ2) is 4.65. The van der Waals surface area contributed by atoms with Gasteiger partial charge in [0.15, 0.2) is 5.75 Å². The Morgan fingerprint density at radius 3 is 2.35 bits per heavy atom. The van der Waals surface area contributed by atoms with Crippen molar-refractivity contribution in [1.29, 1.82) is 0 Å². The highest BCUT2D eigenvalue weighted by Gasteiger charge is 2.64. The number of nitro benzene ring substituents is 1. The van der Waals surface area contributed by atoms with Crippen molar-refractivity contribution in [3.8, 4) is 5.75 Å². The molecule has 110 valence electrons. The summed E-state index contributed by atoms with van der Waals surface area (Å²) in [6.45, 7) is 11.1. The van der Waals surface area contributed by atoms with Crippen molar-refractivity contribution in [2.75, 3.05) is 11.9 Å². The molecule has 1 aromatic carbocycles. The lowest BCUT2D eigenvalue weighted by atomic mass is 10.0. The Kier molecular flexibility index (Phi) is 3.40. The molecule has 1 saturated carbocycles. The van der Waals surface area contributed by atoms with Crippen LogP contribution in [0.5, 0.6) is 5.75 Å². The summed E-state index contributed by atoms with van der Waals surface area (Å²) in [5, 5.41) is 14.4. The fraction of sp³-hybridized carbons (Fsp3) is 0.600. The lowest BCUT2D eigenvalue weighted by Gasteiger charge is -2.11. The predicted molar refractivity (Wildman–Crippen MR) is 79.2 cm³/mol. The molecule has 5 nitrogen and oxygen atoms in total. The zero-order valence-electron chi connectivity index (χ0n) is 12.7. The summed E-state index contributed by atoms with van der Waals surface area (Å²) in [5.41, 5.74) is 1.29. The van der Waals surface area contributed by atoms with Crippen LogP contribution in [0.25, 0.3) is 0 Å². The molecule has 1 aliphatic carbocycles. The molecule has 20 heavy (non-hydrogen) atoms. The van der Waals surface area contributed by atoms with Crippen molar-refractivity contribution in [3.05, 3.63) is 28.3 Å². The lowest BCUT2D eigenvalue weighted by Crippen LogP contribution is -2.10. The largest absolute Gasteiger partial charge is 0.487 e. The lowest BCUT2D eigenvalue weighted by molar-refractivity contribution is -0.385. The first-order valence-corrected chi connectivity index (χ1v) is 6.89. The number of nitro groups is 1. The van der Waals surface area contributed by atoms with Crippen LogP contribution in [0.2, 0.25) is 0 Å². The topological polar surface area (TPSA) is 64.4 Å². The van der Waals surface area contributed by atoms with Gasteiger partial charge >= 0.3 is 5.69 Å². The van der Waals surface area contributed by atoms with Crippen LogP contribution < -0.4 is 10.1 Å². The molecule has 0 atom stereocenters. The van der Waals surface area contributed by atoms with Crippen LogP contribution in [0.4, 0.5) is 11.4 Å². The smallest absolute Gasteiger partial charge is 0.311 e. The average Bonchev–Trinajstić information content (AvgIpc) is 2.72. The highest BCUT2D eigenvalue weighted by Crippen LogP contribution is 2.63. The standard InChI is InChI=1S/C15H22N2O3/c1-6-20-12-9-10(7-8-11(12)17(18)19)16-13-14(2,3)15(13,4)5/h7-9,13,16H,6H2,1-5H3. The maximum atomic E-state index is 11.0. The van der Waals surface area contributed by atoms with Crippen molar-refractivity contribution >= 4 is 11.4 Å². The van der Waals surface area contributed by atoms with Crippen molar-refractivity contribution in [2.24, 2.45) is 10.8 Å². The highest BCUT2D eigenvalue weighted by molar-refractivity contribution is 5.59. The molecule has 0 radical (unpaired) electrons. The summed E-state index contributed by atoms with van der Waals surface area (Å²) in [5.74, 6) is 0.318. The van der Waals surface area contributed by atoms with E-state index in [2.05, 4.69) is 33.0 Å². The zero-order valence-corrected chi connectivity index (χ0v) is 12.7. The number of ether oxygens (including phenoxy) is 1. The Bertz CT molecular complexity index is 524. The van der Waals surface area contributed by atoms with E-state index in [9.17, 15) is 10.1 Å². The number of nitrogens with one attached hydrogen (secondary N) is 1. The molecule has 0 aromatic heterocycles. The maximum Gasteiger partial charge on any atom is 0.311 e. The normalized spacial score (nSPS) is 19.4. The zero-order chi connectivity index (χ0) is 15.1. The maximum absolute atomic E-state index is 11.0. The number of nitrogens with zero attached hydrogens (tertiary/aromatic N) is 1. The summed E-state index contributed by atoms with van der Waals surface area (Å²) in [7, 11) is 0. The molecule has 0 bridgehead atoms. The van der Waals surface area contributed by atoms with Gasteiger partial charge in [0.05, 0.1) is 11.5 Å². The fourth-order valence-corrected chi connectivity index (χ4v) is 2.75. The van der Waals surface area contributed by atoms with E-state index in [1.165, 1.54) is 6.07 Å². The average molecular weight is 278 g/mol. The summed E-state index contributed by atoms with van der Waals surface area (Å²) in [6.07, 6.45) is 0. The summed E-state index contributed by atoms with van der Waals surface area (Å²) in [4.78, 5) is 10.5. The van der Waals surface area contributed by atoms with Crippen LogP contribution >= 0.6 is 0 Å². The van der Waals surface area contributed by atoms with Gasteiger partial charge in [-0.15, -0.1) is 0 Å². The second-order valence-corrected chi connectivity index (χ2v) is 6.39. The molecular weight excluding hydrogens is 256 g/mol. The number of hydrogen-bond acceptors (Lipinski definition) is 4. The van der Waals surface area contributed by atoms with Crippen molar-refractivity contribution < 1.29 is 9.66 Å². The number of hydrogen-bond donors (Lipinski definition) is 1. The van der Waals surface area contributed by atoms with Gasteiger partial charge in [-0.25, -0.2) is 0 Å². The monoisotopic (exact) mass is 278 g/mol. The van der Waals surface area contributed by atoms with Crippen LogP contribution in [-0.4, -0.2) is 17.6 Å². The van der Waals surface area contributed by atoms with Crippen LogP contribution in [-0.2, 0) is 0 Å². The van der Waals surface area contributed by atoms with E-state index in [1.807, 2.05) is 6.92 Å². The van der Waals surface area contributed by atoms with E-state index in [1.54, 1.807) is 12.1 Å². The molecule has 5 heteroatoms. The fourth-order valence-electron chi connectivity index (χ4n) is 2.75. The molecule has 1 aromatic rings. The van der Waals surface area contributed by atoms with E-state index in [0.29, 0.717) is 18.4 Å². The first kappa shape index (κ1) is 14.6. The third-order valence-corrected chi connectivity index (χ3v) is 4.79.